The first-order valence-corrected chi connectivity index (χ1v) is 6.31. The molecule has 3 nitrogen and oxygen atoms in total. The number of thiazole rings is 1. The molecule has 2 aromatic rings. The van der Waals surface area contributed by atoms with Crippen molar-refractivity contribution in [3.63, 3.8) is 0 Å². The molecule has 0 spiro atoms. The average molecular weight is 297 g/mol. The molecule has 16 heavy (non-hydrogen) atoms. The van der Waals surface area contributed by atoms with E-state index >= 15 is 0 Å². The number of aryl methyl sites for hydroxylation is 1. The van der Waals surface area contributed by atoms with Crippen molar-refractivity contribution < 1.29 is 4.79 Å². The van der Waals surface area contributed by atoms with Gasteiger partial charge in [0.15, 0.2) is 5.13 Å². The number of halogens is 1. The molecule has 1 aromatic heterocycles. The summed E-state index contributed by atoms with van der Waals surface area (Å²) >= 11 is 4.75. The number of hydrogen-bond acceptors (Lipinski definition) is 3. The van der Waals surface area contributed by atoms with E-state index in [0.29, 0.717) is 10.7 Å². The van der Waals surface area contributed by atoms with Crippen LogP contribution in [0.1, 0.15) is 16.1 Å². The Morgan fingerprint density at radius 1 is 1.50 bits per heavy atom. The molecule has 1 amide bonds. The van der Waals surface area contributed by atoms with Crippen LogP contribution < -0.4 is 5.32 Å². The molecule has 1 aromatic carbocycles. The highest BCUT2D eigenvalue weighted by molar-refractivity contribution is 9.10. The highest BCUT2D eigenvalue weighted by Crippen LogP contribution is 2.17. The van der Waals surface area contributed by atoms with Crippen molar-refractivity contribution in [2.24, 2.45) is 0 Å². The number of benzene rings is 1. The Morgan fingerprint density at radius 3 is 2.94 bits per heavy atom. The molecular weight excluding hydrogens is 288 g/mol. The maximum atomic E-state index is 11.8. The van der Waals surface area contributed by atoms with Gasteiger partial charge in [0.05, 0.1) is 5.69 Å². The van der Waals surface area contributed by atoms with Gasteiger partial charge in [0.25, 0.3) is 5.91 Å². The molecule has 0 radical (unpaired) electrons. The molecule has 0 aliphatic heterocycles. The molecule has 5 heteroatoms. The average Bonchev–Trinajstić information content (AvgIpc) is 2.64. The summed E-state index contributed by atoms with van der Waals surface area (Å²) in [4.78, 5) is 16.0. The number of carbonyl (C=O) groups is 1. The normalized spacial score (nSPS) is 10.1. The van der Waals surface area contributed by atoms with Gasteiger partial charge in [-0.1, -0.05) is 22.0 Å². The molecule has 1 heterocycles. The lowest BCUT2D eigenvalue weighted by atomic mass is 10.2. The number of hydrogen-bond donors (Lipinski definition) is 1. The van der Waals surface area contributed by atoms with Gasteiger partial charge in [-0.25, -0.2) is 4.98 Å². The Hall–Kier alpha value is -1.20. The monoisotopic (exact) mass is 296 g/mol. The topological polar surface area (TPSA) is 42.0 Å². The molecule has 0 saturated carbocycles. The van der Waals surface area contributed by atoms with Crippen LogP contribution in [0.15, 0.2) is 34.1 Å². The summed E-state index contributed by atoms with van der Waals surface area (Å²) in [5.74, 6) is -0.143. The van der Waals surface area contributed by atoms with Gasteiger partial charge in [-0.2, -0.15) is 0 Å². The van der Waals surface area contributed by atoms with Crippen molar-refractivity contribution >= 4 is 38.3 Å². The third-order valence-corrected chi connectivity index (χ3v) is 3.30. The maximum Gasteiger partial charge on any atom is 0.257 e. The summed E-state index contributed by atoms with van der Waals surface area (Å²) in [7, 11) is 0. The minimum atomic E-state index is -0.143. The van der Waals surface area contributed by atoms with Crippen LogP contribution >= 0.6 is 27.3 Å². The highest BCUT2D eigenvalue weighted by Gasteiger charge is 2.07. The molecule has 0 saturated heterocycles. The van der Waals surface area contributed by atoms with Crippen molar-refractivity contribution in [2.75, 3.05) is 5.32 Å². The van der Waals surface area contributed by atoms with Crippen LogP contribution in [-0.4, -0.2) is 10.9 Å². The van der Waals surface area contributed by atoms with Crippen LogP contribution in [0.2, 0.25) is 0 Å². The van der Waals surface area contributed by atoms with Crippen LogP contribution in [0.25, 0.3) is 0 Å². The lowest BCUT2D eigenvalue weighted by Crippen LogP contribution is -2.11. The van der Waals surface area contributed by atoms with E-state index in [2.05, 4.69) is 26.2 Å². The number of carbonyl (C=O) groups excluding carboxylic acids is 1. The first kappa shape index (κ1) is 11.3. The first-order valence-electron chi connectivity index (χ1n) is 4.64. The molecule has 0 aliphatic rings. The van der Waals surface area contributed by atoms with Gasteiger partial charge in [0.1, 0.15) is 0 Å². The summed E-state index contributed by atoms with van der Waals surface area (Å²) in [6.07, 6.45) is 0. The summed E-state index contributed by atoms with van der Waals surface area (Å²) in [5, 5.41) is 5.28. The zero-order chi connectivity index (χ0) is 11.5. The number of nitrogens with zero attached hydrogens (tertiary/aromatic N) is 1. The first-order chi connectivity index (χ1) is 7.65. The number of rotatable bonds is 2. The zero-order valence-corrected chi connectivity index (χ0v) is 10.9. The van der Waals surface area contributed by atoms with E-state index in [1.807, 2.05) is 24.4 Å². The van der Waals surface area contributed by atoms with Crippen LogP contribution in [-0.2, 0) is 0 Å². The molecular formula is C11H9BrN2OS. The fourth-order valence-electron chi connectivity index (χ4n) is 1.21. The fourth-order valence-corrected chi connectivity index (χ4v) is 2.29. The molecule has 1 N–H and O–H groups in total. The second-order valence-corrected chi connectivity index (χ2v) is 5.03. The standard InChI is InChI=1S/C11H9BrN2OS/c1-7-6-16-11(13-7)14-10(15)8-3-2-4-9(12)5-8/h2-6H,1H3,(H,13,14,15). The van der Waals surface area contributed by atoms with E-state index < -0.39 is 0 Å². The van der Waals surface area contributed by atoms with E-state index in [1.54, 1.807) is 12.1 Å². The predicted octanol–water partition coefficient (Wildman–Crippen LogP) is 3.47. The molecule has 0 fully saturated rings. The fraction of sp³-hybridized carbons (Fsp3) is 0.0909. The number of aromatic nitrogens is 1. The van der Waals surface area contributed by atoms with Crippen LogP contribution in [0, 0.1) is 6.92 Å². The Labute approximate surface area is 106 Å². The van der Waals surface area contributed by atoms with Gasteiger partial charge < -0.3 is 0 Å². The summed E-state index contributed by atoms with van der Waals surface area (Å²) in [6.45, 7) is 1.89. The molecule has 0 unspecified atom stereocenters. The molecule has 0 bridgehead atoms. The van der Waals surface area contributed by atoms with Crippen molar-refractivity contribution in [3.05, 3.63) is 45.4 Å². The van der Waals surface area contributed by atoms with E-state index in [9.17, 15) is 4.79 Å². The smallest absolute Gasteiger partial charge is 0.257 e. The SMILES string of the molecule is Cc1csc(NC(=O)c2cccc(Br)c2)n1. The van der Waals surface area contributed by atoms with Crippen LogP contribution in [0.3, 0.4) is 0 Å². The van der Waals surface area contributed by atoms with Crippen molar-refractivity contribution in [1.82, 2.24) is 4.98 Å². The summed E-state index contributed by atoms with van der Waals surface area (Å²) < 4.78 is 0.885. The predicted molar refractivity (Wildman–Crippen MR) is 68.9 cm³/mol. The van der Waals surface area contributed by atoms with Crippen molar-refractivity contribution in [1.29, 1.82) is 0 Å². The van der Waals surface area contributed by atoms with Crippen molar-refractivity contribution in [3.8, 4) is 0 Å². The quantitative estimate of drug-likeness (QED) is 0.922. The lowest BCUT2D eigenvalue weighted by Gasteiger charge is -2.01. The summed E-state index contributed by atoms with van der Waals surface area (Å²) in [6, 6.07) is 7.24. The Bertz CT molecular complexity index is 524. The Kier molecular flexibility index (Phi) is 3.36. The number of anilines is 1. The Morgan fingerprint density at radius 2 is 2.31 bits per heavy atom. The minimum absolute atomic E-state index is 0.143. The minimum Gasteiger partial charge on any atom is -0.298 e. The second kappa shape index (κ2) is 4.76. The lowest BCUT2D eigenvalue weighted by molar-refractivity contribution is 0.102. The zero-order valence-electron chi connectivity index (χ0n) is 8.53. The largest absolute Gasteiger partial charge is 0.298 e. The van der Waals surface area contributed by atoms with Gasteiger partial charge in [0.2, 0.25) is 0 Å². The molecule has 0 atom stereocenters. The van der Waals surface area contributed by atoms with E-state index in [0.717, 1.165) is 10.2 Å². The second-order valence-electron chi connectivity index (χ2n) is 3.26. The Balaban J connectivity index is 2.14. The van der Waals surface area contributed by atoms with Gasteiger partial charge >= 0.3 is 0 Å². The number of amides is 1. The van der Waals surface area contributed by atoms with Gasteiger partial charge in [-0.15, -0.1) is 11.3 Å². The third-order valence-electron chi connectivity index (χ3n) is 1.93. The highest BCUT2D eigenvalue weighted by atomic mass is 79.9. The maximum absolute atomic E-state index is 11.8. The van der Waals surface area contributed by atoms with Crippen LogP contribution in [0.5, 0.6) is 0 Å². The molecule has 0 aliphatic carbocycles. The van der Waals surface area contributed by atoms with Crippen LogP contribution in [0.4, 0.5) is 5.13 Å². The van der Waals surface area contributed by atoms with E-state index in [-0.39, 0.29) is 5.91 Å². The molecule has 82 valence electrons. The summed E-state index contributed by atoms with van der Waals surface area (Å²) in [5.41, 5.74) is 1.52. The van der Waals surface area contributed by atoms with Gasteiger partial charge in [-0.3, -0.25) is 10.1 Å². The third kappa shape index (κ3) is 2.68. The van der Waals surface area contributed by atoms with Gasteiger partial charge in [0, 0.05) is 15.4 Å². The van der Waals surface area contributed by atoms with E-state index in [4.69, 9.17) is 0 Å². The number of nitrogens with one attached hydrogen (secondary N) is 1. The van der Waals surface area contributed by atoms with Crippen molar-refractivity contribution in [2.45, 2.75) is 6.92 Å². The van der Waals surface area contributed by atoms with Gasteiger partial charge in [-0.05, 0) is 25.1 Å². The van der Waals surface area contributed by atoms with E-state index in [1.165, 1.54) is 11.3 Å². The molecule has 2 rings (SSSR count).